The first-order chi connectivity index (χ1) is 9.06. The first-order valence-electron chi connectivity index (χ1n) is 6.88. The molecule has 1 aliphatic rings. The number of carbonyl (C=O) groups is 1. The van der Waals surface area contributed by atoms with E-state index < -0.39 is 0 Å². The third-order valence-electron chi connectivity index (χ3n) is 3.53. The van der Waals surface area contributed by atoms with Crippen molar-refractivity contribution in [3.05, 3.63) is 24.0 Å². The molecule has 104 valence electrons. The van der Waals surface area contributed by atoms with Crippen LogP contribution in [0.1, 0.15) is 26.0 Å². The van der Waals surface area contributed by atoms with Gasteiger partial charge in [0.1, 0.15) is 5.75 Å². The van der Waals surface area contributed by atoms with Gasteiger partial charge in [0.25, 0.3) is 5.91 Å². The van der Waals surface area contributed by atoms with Crippen LogP contribution in [0.15, 0.2) is 18.3 Å². The van der Waals surface area contributed by atoms with E-state index in [4.69, 9.17) is 4.74 Å². The van der Waals surface area contributed by atoms with Gasteiger partial charge in [-0.3, -0.25) is 9.78 Å². The maximum absolute atomic E-state index is 12.2. The zero-order chi connectivity index (χ0) is 13.8. The van der Waals surface area contributed by atoms with E-state index in [2.05, 4.69) is 18.8 Å². The van der Waals surface area contributed by atoms with Crippen LogP contribution in [0, 0.1) is 18.8 Å². The van der Waals surface area contributed by atoms with E-state index in [1.54, 1.807) is 6.20 Å². The quantitative estimate of drug-likeness (QED) is 0.839. The van der Waals surface area contributed by atoms with Gasteiger partial charge in [0.2, 0.25) is 0 Å². The van der Waals surface area contributed by atoms with Crippen LogP contribution in [0.2, 0.25) is 0 Å². The molecule has 2 atom stereocenters. The fourth-order valence-electron chi connectivity index (χ4n) is 2.72. The van der Waals surface area contributed by atoms with Crippen LogP contribution in [0.5, 0.6) is 5.75 Å². The van der Waals surface area contributed by atoms with Gasteiger partial charge in [0, 0.05) is 19.3 Å². The number of piperidine rings is 1. The van der Waals surface area contributed by atoms with E-state index in [0.717, 1.165) is 18.8 Å². The van der Waals surface area contributed by atoms with Crippen molar-refractivity contribution in [1.82, 2.24) is 9.88 Å². The molecular weight excluding hydrogens is 240 g/mol. The summed E-state index contributed by atoms with van der Waals surface area (Å²) in [5.74, 6) is 1.91. The zero-order valence-electron chi connectivity index (χ0n) is 11.9. The minimum Gasteiger partial charge on any atom is -0.482 e. The van der Waals surface area contributed by atoms with E-state index in [0.29, 0.717) is 17.6 Å². The molecule has 4 nitrogen and oxygen atoms in total. The van der Waals surface area contributed by atoms with Gasteiger partial charge < -0.3 is 9.64 Å². The SMILES string of the molecule is Cc1ncccc1OCC(=O)N1CC(C)CC(C)C1. The molecule has 1 aliphatic heterocycles. The lowest BCUT2D eigenvalue weighted by Crippen LogP contribution is -2.44. The highest BCUT2D eigenvalue weighted by Crippen LogP contribution is 2.21. The summed E-state index contributed by atoms with van der Waals surface area (Å²) in [7, 11) is 0. The van der Waals surface area contributed by atoms with E-state index in [-0.39, 0.29) is 12.5 Å². The van der Waals surface area contributed by atoms with Crippen molar-refractivity contribution < 1.29 is 9.53 Å². The lowest BCUT2D eigenvalue weighted by Gasteiger charge is -2.34. The molecule has 0 aromatic carbocycles. The van der Waals surface area contributed by atoms with Crippen LogP contribution in [0.4, 0.5) is 0 Å². The number of ether oxygens (including phenoxy) is 1. The molecule has 2 unspecified atom stereocenters. The Hall–Kier alpha value is -1.58. The number of likely N-dealkylation sites (tertiary alicyclic amines) is 1. The van der Waals surface area contributed by atoms with Gasteiger partial charge in [-0.2, -0.15) is 0 Å². The highest BCUT2D eigenvalue weighted by atomic mass is 16.5. The molecular formula is C15H22N2O2. The van der Waals surface area contributed by atoms with Crippen molar-refractivity contribution in [3.63, 3.8) is 0 Å². The van der Waals surface area contributed by atoms with Crippen molar-refractivity contribution in [3.8, 4) is 5.75 Å². The molecule has 0 saturated carbocycles. The van der Waals surface area contributed by atoms with E-state index in [9.17, 15) is 4.79 Å². The molecule has 1 aromatic heterocycles. The second-order valence-corrected chi connectivity index (χ2v) is 5.62. The van der Waals surface area contributed by atoms with Gasteiger partial charge in [-0.05, 0) is 37.3 Å². The minimum atomic E-state index is 0.0710. The highest BCUT2D eigenvalue weighted by Gasteiger charge is 2.25. The van der Waals surface area contributed by atoms with Gasteiger partial charge in [-0.25, -0.2) is 0 Å². The van der Waals surface area contributed by atoms with Crippen LogP contribution in [0.3, 0.4) is 0 Å². The number of hydrogen-bond acceptors (Lipinski definition) is 3. The molecule has 0 aliphatic carbocycles. The van der Waals surface area contributed by atoms with Crippen molar-refractivity contribution >= 4 is 5.91 Å². The van der Waals surface area contributed by atoms with Crippen LogP contribution in [-0.4, -0.2) is 35.5 Å². The molecule has 1 aromatic rings. The van der Waals surface area contributed by atoms with Crippen molar-refractivity contribution in [2.24, 2.45) is 11.8 Å². The Morgan fingerprint density at radius 3 is 2.74 bits per heavy atom. The number of nitrogens with zero attached hydrogens (tertiary/aromatic N) is 2. The Bertz CT molecular complexity index is 438. The molecule has 4 heteroatoms. The second kappa shape index (κ2) is 6.04. The second-order valence-electron chi connectivity index (χ2n) is 5.62. The first kappa shape index (κ1) is 13.8. The third kappa shape index (κ3) is 3.69. The summed E-state index contributed by atoms with van der Waals surface area (Å²) in [6.07, 6.45) is 2.92. The first-order valence-corrected chi connectivity index (χ1v) is 6.88. The number of carbonyl (C=O) groups excluding carboxylic acids is 1. The smallest absolute Gasteiger partial charge is 0.260 e. The molecule has 1 fully saturated rings. The maximum Gasteiger partial charge on any atom is 0.260 e. The predicted octanol–water partition coefficient (Wildman–Crippen LogP) is 2.27. The summed E-state index contributed by atoms with van der Waals surface area (Å²) in [5.41, 5.74) is 0.815. The average molecular weight is 262 g/mol. The van der Waals surface area contributed by atoms with Crippen LogP contribution in [-0.2, 0) is 4.79 Å². The standard InChI is InChI=1S/C15H22N2O2/c1-11-7-12(2)9-17(8-11)15(18)10-19-14-5-4-6-16-13(14)3/h4-6,11-12H,7-10H2,1-3H3. The number of rotatable bonds is 3. The average Bonchev–Trinajstić information content (AvgIpc) is 2.36. The Labute approximate surface area is 114 Å². The molecule has 2 heterocycles. The molecule has 0 N–H and O–H groups in total. The molecule has 0 bridgehead atoms. The lowest BCUT2D eigenvalue weighted by atomic mass is 9.92. The monoisotopic (exact) mass is 262 g/mol. The summed E-state index contributed by atoms with van der Waals surface area (Å²) in [5, 5.41) is 0. The van der Waals surface area contributed by atoms with Crippen LogP contribution < -0.4 is 4.74 Å². The van der Waals surface area contributed by atoms with E-state index >= 15 is 0 Å². The fourth-order valence-corrected chi connectivity index (χ4v) is 2.72. The van der Waals surface area contributed by atoms with Gasteiger partial charge >= 0.3 is 0 Å². The minimum absolute atomic E-state index is 0.0710. The van der Waals surface area contributed by atoms with Gasteiger partial charge in [-0.1, -0.05) is 13.8 Å². The Morgan fingerprint density at radius 1 is 1.42 bits per heavy atom. The largest absolute Gasteiger partial charge is 0.482 e. The van der Waals surface area contributed by atoms with Crippen molar-refractivity contribution in [1.29, 1.82) is 0 Å². The van der Waals surface area contributed by atoms with Crippen molar-refractivity contribution in [2.45, 2.75) is 27.2 Å². The van der Waals surface area contributed by atoms with Crippen molar-refractivity contribution in [2.75, 3.05) is 19.7 Å². The number of aromatic nitrogens is 1. The summed E-state index contributed by atoms with van der Waals surface area (Å²) in [4.78, 5) is 18.2. The summed E-state index contributed by atoms with van der Waals surface area (Å²) < 4.78 is 5.57. The number of aryl methyl sites for hydroxylation is 1. The number of pyridine rings is 1. The number of hydrogen-bond donors (Lipinski definition) is 0. The Balaban J connectivity index is 1.89. The van der Waals surface area contributed by atoms with Gasteiger partial charge in [-0.15, -0.1) is 0 Å². The topological polar surface area (TPSA) is 42.4 Å². The fraction of sp³-hybridized carbons (Fsp3) is 0.600. The van der Waals surface area contributed by atoms with E-state index in [1.807, 2.05) is 24.0 Å². The van der Waals surface area contributed by atoms with Crippen LogP contribution in [0.25, 0.3) is 0 Å². The third-order valence-corrected chi connectivity index (χ3v) is 3.53. The summed E-state index contributed by atoms with van der Waals surface area (Å²) >= 11 is 0. The molecule has 2 rings (SSSR count). The van der Waals surface area contributed by atoms with Gasteiger partial charge in [0.05, 0.1) is 5.69 Å². The van der Waals surface area contributed by atoms with Crippen LogP contribution >= 0.6 is 0 Å². The van der Waals surface area contributed by atoms with Gasteiger partial charge in [0.15, 0.2) is 6.61 Å². The Kier molecular flexibility index (Phi) is 4.40. The summed E-state index contributed by atoms with van der Waals surface area (Å²) in [6.45, 7) is 8.07. The zero-order valence-corrected chi connectivity index (χ0v) is 11.9. The predicted molar refractivity (Wildman–Crippen MR) is 74.0 cm³/mol. The number of amides is 1. The molecule has 19 heavy (non-hydrogen) atoms. The Morgan fingerprint density at radius 2 is 2.11 bits per heavy atom. The lowest BCUT2D eigenvalue weighted by molar-refractivity contribution is -0.136. The molecule has 1 saturated heterocycles. The molecule has 0 spiro atoms. The highest BCUT2D eigenvalue weighted by molar-refractivity contribution is 5.77. The molecule has 1 amide bonds. The summed E-state index contributed by atoms with van der Waals surface area (Å²) in [6, 6.07) is 3.66. The molecule has 0 radical (unpaired) electrons. The maximum atomic E-state index is 12.2. The van der Waals surface area contributed by atoms with E-state index in [1.165, 1.54) is 6.42 Å². The normalized spacial score (nSPS) is 23.2.